The molecule has 22 heavy (non-hydrogen) atoms. The second-order valence-electron chi connectivity index (χ2n) is 4.97. The molecule has 2 nitrogen and oxygen atoms in total. The average Bonchev–Trinajstić information content (AvgIpc) is 2.55. The number of hydrogen-bond acceptors (Lipinski definition) is 2. The van der Waals surface area contributed by atoms with E-state index in [0.29, 0.717) is 0 Å². The standard InChI is InChI=1S/C19H17NOSe/c1-14(20-21-2)18-12-15-8-6-7-9-16(15)13-19(18)22-17-10-4-3-5-11-17/h3-13H,1-2H3/b20-14+. The van der Waals surface area contributed by atoms with E-state index in [-0.39, 0.29) is 15.0 Å². The van der Waals surface area contributed by atoms with Crippen LogP contribution in [-0.2, 0) is 4.84 Å². The van der Waals surface area contributed by atoms with Crippen molar-refractivity contribution >= 4 is 40.4 Å². The van der Waals surface area contributed by atoms with Crippen LogP contribution in [0.4, 0.5) is 0 Å². The predicted molar refractivity (Wildman–Crippen MR) is 94.6 cm³/mol. The van der Waals surface area contributed by atoms with E-state index in [0.717, 1.165) is 5.71 Å². The molecule has 0 saturated heterocycles. The third-order valence-corrected chi connectivity index (χ3v) is 5.67. The quantitative estimate of drug-likeness (QED) is 0.401. The Hall–Kier alpha value is -2.09. The van der Waals surface area contributed by atoms with E-state index in [9.17, 15) is 0 Å². The number of fused-ring (bicyclic) bond motifs is 1. The van der Waals surface area contributed by atoms with E-state index in [4.69, 9.17) is 4.84 Å². The minimum absolute atomic E-state index is 0.241. The Morgan fingerprint density at radius 3 is 2.23 bits per heavy atom. The van der Waals surface area contributed by atoms with Crippen LogP contribution in [0.1, 0.15) is 12.5 Å². The summed E-state index contributed by atoms with van der Waals surface area (Å²) < 4.78 is 2.69. The van der Waals surface area contributed by atoms with Gasteiger partial charge >= 0.3 is 137 Å². The fourth-order valence-corrected chi connectivity index (χ4v) is 4.59. The van der Waals surface area contributed by atoms with Crippen molar-refractivity contribution in [3.63, 3.8) is 0 Å². The molecule has 0 saturated carbocycles. The van der Waals surface area contributed by atoms with Crippen LogP contribution in [0.25, 0.3) is 10.8 Å². The summed E-state index contributed by atoms with van der Waals surface area (Å²) in [5.41, 5.74) is 2.09. The zero-order chi connectivity index (χ0) is 15.4. The molecule has 0 unspecified atom stereocenters. The summed E-state index contributed by atoms with van der Waals surface area (Å²) in [4.78, 5) is 4.97. The summed E-state index contributed by atoms with van der Waals surface area (Å²) in [7, 11) is 1.59. The molecule has 3 heteroatoms. The molecule has 0 bridgehead atoms. The first-order chi connectivity index (χ1) is 10.8. The fraction of sp³-hybridized carbons (Fsp3) is 0.105. The molecule has 3 aromatic rings. The van der Waals surface area contributed by atoms with Gasteiger partial charge in [-0.25, -0.2) is 0 Å². The summed E-state index contributed by atoms with van der Waals surface area (Å²) >= 11 is 0.241. The molecular weight excluding hydrogens is 337 g/mol. The summed E-state index contributed by atoms with van der Waals surface area (Å²) in [6.45, 7) is 2.00. The third kappa shape index (κ3) is 3.22. The first-order valence-corrected chi connectivity index (χ1v) is 8.83. The van der Waals surface area contributed by atoms with Crippen molar-refractivity contribution in [3.8, 4) is 0 Å². The van der Waals surface area contributed by atoms with Gasteiger partial charge in [0.15, 0.2) is 0 Å². The Morgan fingerprint density at radius 1 is 0.909 bits per heavy atom. The van der Waals surface area contributed by atoms with Crippen LogP contribution in [0.2, 0.25) is 0 Å². The van der Waals surface area contributed by atoms with Gasteiger partial charge in [0.2, 0.25) is 0 Å². The molecule has 0 amide bonds. The first-order valence-electron chi connectivity index (χ1n) is 7.12. The molecule has 110 valence electrons. The van der Waals surface area contributed by atoms with Gasteiger partial charge < -0.3 is 0 Å². The minimum atomic E-state index is 0.241. The molecule has 0 N–H and O–H groups in total. The second kappa shape index (κ2) is 6.78. The van der Waals surface area contributed by atoms with Crippen LogP contribution >= 0.6 is 0 Å². The molecule has 0 aliphatic rings. The summed E-state index contributed by atoms with van der Waals surface area (Å²) in [5, 5.41) is 6.63. The number of nitrogens with zero attached hydrogens (tertiary/aromatic N) is 1. The van der Waals surface area contributed by atoms with Crippen molar-refractivity contribution in [3.05, 3.63) is 72.3 Å². The summed E-state index contributed by atoms with van der Waals surface area (Å²) in [6, 6.07) is 23.5. The van der Waals surface area contributed by atoms with Gasteiger partial charge in [-0.2, -0.15) is 0 Å². The number of benzene rings is 3. The molecule has 0 radical (unpaired) electrons. The van der Waals surface area contributed by atoms with Crippen LogP contribution in [0.3, 0.4) is 0 Å². The number of rotatable bonds is 4. The summed E-state index contributed by atoms with van der Waals surface area (Å²) in [5.74, 6) is 0. The van der Waals surface area contributed by atoms with E-state index in [1.165, 1.54) is 25.3 Å². The van der Waals surface area contributed by atoms with Crippen molar-refractivity contribution in [2.24, 2.45) is 5.16 Å². The summed E-state index contributed by atoms with van der Waals surface area (Å²) in [6.07, 6.45) is 0. The molecule has 3 rings (SSSR count). The van der Waals surface area contributed by atoms with Gasteiger partial charge in [0.05, 0.1) is 0 Å². The van der Waals surface area contributed by atoms with Crippen LogP contribution in [0.15, 0.2) is 71.9 Å². The second-order valence-corrected chi connectivity index (χ2v) is 7.31. The molecule has 0 spiro atoms. The Labute approximate surface area is 137 Å². The van der Waals surface area contributed by atoms with Crippen LogP contribution in [0, 0.1) is 0 Å². The van der Waals surface area contributed by atoms with Crippen molar-refractivity contribution < 1.29 is 4.84 Å². The van der Waals surface area contributed by atoms with Gasteiger partial charge in [-0.3, -0.25) is 0 Å². The van der Waals surface area contributed by atoms with Gasteiger partial charge in [0.1, 0.15) is 0 Å². The van der Waals surface area contributed by atoms with Gasteiger partial charge in [-0.15, -0.1) is 0 Å². The molecule has 0 aliphatic carbocycles. The van der Waals surface area contributed by atoms with Gasteiger partial charge in [0, 0.05) is 0 Å². The van der Waals surface area contributed by atoms with E-state index < -0.39 is 0 Å². The first kappa shape index (κ1) is 14.8. The maximum absolute atomic E-state index is 4.97. The zero-order valence-corrected chi connectivity index (χ0v) is 14.3. The molecule has 0 aliphatic heterocycles. The van der Waals surface area contributed by atoms with Crippen molar-refractivity contribution in [2.75, 3.05) is 7.11 Å². The Bertz CT molecular complexity index is 812. The Morgan fingerprint density at radius 2 is 1.55 bits per heavy atom. The van der Waals surface area contributed by atoms with E-state index in [1.807, 2.05) is 6.92 Å². The zero-order valence-electron chi connectivity index (χ0n) is 12.6. The van der Waals surface area contributed by atoms with Gasteiger partial charge in [0.25, 0.3) is 0 Å². The average molecular weight is 354 g/mol. The molecular formula is C19H17NOSe. The molecule has 0 aromatic heterocycles. The normalized spacial score (nSPS) is 11.6. The van der Waals surface area contributed by atoms with Crippen LogP contribution in [-0.4, -0.2) is 27.8 Å². The maximum atomic E-state index is 4.97. The van der Waals surface area contributed by atoms with Gasteiger partial charge in [-0.05, 0) is 0 Å². The molecule has 3 aromatic carbocycles. The van der Waals surface area contributed by atoms with Gasteiger partial charge in [-0.1, -0.05) is 0 Å². The molecule has 0 atom stereocenters. The number of hydrogen-bond donors (Lipinski definition) is 0. The molecule has 0 heterocycles. The van der Waals surface area contributed by atoms with Crippen LogP contribution in [0.5, 0.6) is 0 Å². The monoisotopic (exact) mass is 355 g/mol. The number of oxime groups is 1. The van der Waals surface area contributed by atoms with E-state index >= 15 is 0 Å². The van der Waals surface area contributed by atoms with Crippen LogP contribution < -0.4 is 8.92 Å². The Kier molecular flexibility index (Phi) is 4.57. The van der Waals surface area contributed by atoms with Crippen molar-refractivity contribution in [1.29, 1.82) is 0 Å². The SMILES string of the molecule is CO/N=C(\C)c1cc2ccccc2cc1[Se]c1ccccc1. The topological polar surface area (TPSA) is 21.6 Å². The third-order valence-electron chi connectivity index (χ3n) is 3.44. The van der Waals surface area contributed by atoms with E-state index in [1.54, 1.807) is 7.11 Å². The fourth-order valence-electron chi connectivity index (χ4n) is 2.39. The van der Waals surface area contributed by atoms with Crippen molar-refractivity contribution in [2.45, 2.75) is 6.92 Å². The molecule has 0 fully saturated rings. The van der Waals surface area contributed by atoms with E-state index in [2.05, 4.69) is 71.9 Å². The van der Waals surface area contributed by atoms with Crippen molar-refractivity contribution in [1.82, 2.24) is 0 Å². The Balaban J connectivity index is 2.13. The predicted octanol–water partition coefficient (Wildman–Crippen LogP) is 2.87.